The van der Waals surface area contributed by atoms with Gasteiger partial charge in [0, 0.05) is 13.1 Å². The standard InChI is InChI=1S/C12H18N2O3/c1-9(10-4-3-5-16-10)14-11(15)6-17-12(2)7-13-8-12/h3-5,9,13H,6-8H2,1-2H3,(H,14,15)/t9-/m1/s1. The molecule has 0 spiro atoms. The van der Waals surface area contributed by atoms with Gasteiger partial charge in [-0.05, 0) is 26.0 Å². The number of hydrogen-bond donors (Lipinski definition) is 2. The normalized spacial score (nSPS) is 19.4. The highest BCUT2D eigenvalue weighted by atomic mass is 16.5. The van der Waals surface area contributed by atoms with Crippen LogP contribution in [0.5, 0.6) is 0 Å². The Labute approximate surface area is 101 Å². The van der Waals surface area contributed by atoms with E-state index in [1.54, 1.807) is 12.3 Å². The van der Waals surface area contributed by atoms with Crippen molar-refractivity contribution in [3.8, 4) is 0 Å². The summed E-state index contributed by atoms with van der Waals surface area (Å²) in [6, 6.07) is 3.51. The Hall–Kier alpha value is -1.33. The molecule has 0 aromatic carbocycles. The first-order chi connectivity index (χ1) is 8.09. The maximum atomic E-state index is 11.6. The van der Waals surface area contributed by atoms with Crippen LogP contribution in [0.15, 0.2) is 22.8 Å². The van der Waals surface area contributed by atoms with Crippen LogP contribution in [0, 0.1) is 0 Å². The molecule has 1 fully saturated rings. The van der Waals surface area contributed by atoms with Gasteiger partial charge in [0.15, 0.2) is 0 Å². The van der Waals surface area contributed by atoms with Crippen molar-refractivity contribution < 1.29 is 13.9 Å². The van der Waals surface area contributed by atoms with Crippen LogP contribution in [-0.2, 0) is 9.53 Å². The van der Waals surface area contributed by atoms with Crippen molar-refractivity contribution in [2.24, 2.45) is 0 Å². The summed E-state index contributed by atoms with van der Waals surface area (Å²) in [7, 11) is 0. The summed E-state index contributed by atoms with van der Waals surface area (Å²) >= 11 is 0. The molecule has 2 rings (SSSR count). The fourth-order valence-electron chi connectivity index (χ4n) is 1.71. The van der Waals surface area contributed by atoms with E-state index in [-0.39, 0.29) is 24.2 Å². The second-order valence-electron chi connectivity index (χ2n) is 4.65. The van der Waals surface area contributed by atoms with Gasteiger partial charge in [-0.25, -0.2) is 0 Å². The molecule has 5 nitrogen and oxygen atoms in total. The monoisotopic (exact) mass is 238 g/mol. The Morgan fingerprint density at radius 3 is 3.00 bits per heavy atom. The van der Waals surface area contributed by atoms with Crippen LogP contribution in [0.3, 0.4) is 0 Å². The molecule has 1 aliphatic rings. The quantitative estimate of drug-likeness (QED) is 0.797. The third-order valence-electron chi connectivity index (χ3n) is 2.90. The van der Waals surface area contributed by atoms with E-state index in [0.29, 0.717) is 0 Å². The number of hydrogen-bond acceptors (Lipinski definition) is 4. The topological polar surface area (TPSA) is 63.5 Å². The van der Waals surface area contributed by atoms with Crippen molar-refractivity contribution in [3.63, 3.8) is 0 Å². The number of ether oxygens (including phenoxy) is 1. The molecule has 0 radical (unpaired) electrons. The van der Waals surface area contributed by atoms with Gasteiger partial charge in [0.05, 0.1) is 17.9 Å². The maximum absolute atomic E-state index is 11.6. The Morgan fingerprint density at radius 2 is 2.47 bits per heavy atom. The van der Waals surface area contributed by atoms with Crippen molar-refractivity contribution in [2.45, 2.75) is 25.5 Å². The van der Waals surface area contributed by atoms with Crippen molar-refractivity contribution in [3.05, 3.63) is 24.2 Å². The fourth-order valence-corrected chi connectivity index (χ4v) is 1.71. The lowest BCUT2D eigenvalue weighted by Gasteiger charge is -2.38. The summed E-state index contributed by atoms with van der Waals surface area (Å²) in [5.74, 6) is 0.622. The molecule has 2 heterocycles. The second-order valence-corrected chi connectivity index (χ2v) is 4.65. The van der Waals surface area contributed by atoms with Gasteiger partial charge in [-0.1, -0.05) is 0 Å². The van der Waals surface area contributed by atoms with E-state index in [9.17, 15) is 4.79 Å². The van der Waals surface area contributed by atoms with Crippen molar-refractivity contribution in [2.75, 3.05) is 19.7 Å². The minimum absolute atomic E-state index is 0.0865. The molecule has 5 heteroatoms. The lowest BCUT2D eigenvalue weighted by Crippen LogP contribution is -2.59. The summed E-state index contributed by atoms with van der Waals surface area (Å²) in [6.45, 7) is 5.56. The lowest BCUT2D eigenvalue weighted by atomic mass is 10.0. The Balaban J connectivity index is 1.73. The van der Waals surface area contributed by atoms with Crippen molar-refractivity contribution in [1.82, 2.24) is 10.6 Å². The maximum Gasteiger partial charge on any atom is 0.246 e. The molecule has 0 unspecified atom stereocenters. The Bertz CT molecular complexity index is 371. The second kappa shape index (κ2) is 4.89. The molecule has 0 saturated carbocycles. The third-order valence-corrected chi connectivity index (χ3v) is 2.90. The van der Waals surface area contributed by atoms with Crippen LogP contribution in [0.1, 0.15) is 25.6 Å². The molecule has 1 aliphatic heterocycles. The van der Waals surface area contributed by atoms with E-state index >= 15 is 0 Å². The van der Waals surface area contributed by atoms with Crippen molar-refractivity contribution >= 4 is 5.91 Å². The minimum Gasteiger partial charge on any atom is -0.467 e. The number of amides is 1. The van der Waals surface area contributed by atoms with E-state index in [1.807, 2.05) is 19.9 Å². The summed E-state index contributed by atoms with van der Waals surface area (Å²) in [6.07, 6.45) is 1.59. The molecule has 1 aromatic heterocycles. The molecule has 1 saturated heterocycles. The van der Waals surface area contributed by atoms with E-state index < -0.39 is 0 Å². The summed E-state index contributed by atoms with van der Waals surface area (Å²) in [5, 5.41) is 5.94. The molecule has 1 aromatic rings. The Kier molecular flexibility index (Phi) is 3.49. The highest BCUT2D eigenvalue weighted by Gasteiger charge is 2.33. The minimum atomic E-state index is -0.189. The first-order valence-corrected chi connectivity index (χ1v) is 5.76. The van der Waals surface area contributed by atoms with Crippen LogP contribution in [-0.4, -0.2) is 31.2 Å². The van der Waals surface area contributed by atoms with Gasteiger partial charge in [-0.3, -0.25) is 4.79 Å². The SMILES string of the molecule is C[C@@H](NC(=O)COC1(C)CNC1)c1ccco1. The smallest absolute Gasteiger partial charge is 0.246 e. The fraction of sp³-hybridized carbons (Fsp3) is 0.583. The van der Waals surface area contributed by atoms with Gasteiger partial charge < -0.3 is 19.8 Å². The lowest BCUT2D eigenvalue weighted by molar-refractivity contribution is -0.136. The first kappa shape index (κ1) is 12.1. The number of carbonyl (C=O) groups is 1. The van der Waals surface area contributed by atoms with Gasteiger partial charge in [0.25, 0.3) is 0 Å². The van der Waals surface area contributed by atoms with Gasteiger partial charge >= 0.3 is 0 Å². The number of rotatable bonds is 5. The highest BCUT2D eigenvalue weighted by Crippen LogP contribution is 2.15. The molecule has 17 heavy (non-hydrogen) atoms. The van der Waals surface area contributed by atoms with E-state index in [2.05, 4.69) is 10.6 Å². The van der Waals surface area contributed by atoms with E-state index in [1.165, 1.54) is 0 Å². The zero-order valence-corrected chi connectivity index (χ0v) is 10.2. The average Bonchev–Trinajstić information content (AvgIpc) is 2.77. The molecular formula is C12H18N2O3. The van der Waals surface area contributed by atoms with Gasteiger partial charge in [0.2, 0.25) is 5.91 Å². The van der Waals surface area contributed by atoms with Crippen LogP contribution in [0.4, 0.5) is 0 Å². The third kappa shape index (κ3) is 3.08. The summed E-state index contributed by atoms with van der Waals surface area (Å²) in [4.78, 5) is 11.6. The summed E-state index contributed by atoms with van der Waals surface area (Å²) < 4.78 is 10.7. The summed E-state index contributed by atoms with van der Waals surface area (Å²) in [5.41, 5.74) is -0.189. The van der Waals surface area contributed by atoms with Crippen LogP contribution in [0.25, 0.3) is 0 Å². The predicted molar refractivity (Wildman–Crippen MR) is 62.5 cm³/mol. The molecule has 0 bridgehead atoms. The molecule has 1 atom stereocenters. The predicted octanol–water partition coefficient (Wildman–Crippen LogP) is 0.835. The zero-order valence-electron chi connectivity index (χ0n) is 10.2. The average molecular weight is 238 g/mol. The van der Waals surface area contributed by atoms with E-state index in [4.69, 9.17) is 9.15 Å². The van der Waals surface area contributed by atoms with Crippen molar-refractivity contribution in [1.29, 1.82) is 0 Å². The molecule has 94 valence electrons. The van der Waals surface area contributed by atoms with Gasteiger partial charge in [-0.2, -0.15) is 0 Å². The molecule has 0 aliphatic carbocycles. The first-order valence-electron chi connectivity index (χ1n) is 5.76. The largest absolute Gasteiger partial charge is 0.467 e. The zero-order chi connectivity index (χ0) is 12.3. The Morgan fingerprint density at radius 1 is 1.71 bits per heavy atom. The van der Waals surface area contributed by atoms with Crippen LogP contribution in [0.2, 0.25) is 0 Å². The number of carbonyl (C=O) groups excluding carboxylic acids is 1. The highest BCUT2D eigenvalue weighted by molar-refractivity contribution is 5.77. The molecule has 2 N–H and O–H groups in total. The molecular weight excluding hydrogens is 220 g/mol. The van der Waals surface area contributed by atoms with Crippen LogP contribution < -0.4 is 10.6 Å². The van der Waals surface area contributed by atoms with Crippen LogP contribution >= 0.6 is 0 Å². The molecule has 1 amide bonds. The van der Waals surface area contributed by atoms with Gasteiger partial charge in [-0.15, -0.1) is 0 Å². The number of nitrogens with one attached hydrogen (secondary N) is 2. The van der Waals surface area contributed by atoms with Gasteiger partial charge in [0.1, 0.15) is 12.4 Å². The van der Waals surface area contributed by atoms with E-state index in [0.717, 1.165) is 18.8 Å². The number of furan rings is 1.